The highest BCUT2D eigenvalue weighted by Crippen LogP contribution is 2.34. The highest BCUT2D eigenvalue weighted by molar-refractivity contribution is 5.52. The van der Waals surface area contributed by atoms with Crippen molar-refractivity contribution >= 4 is 12.6 Å². The molecular formula is C23H28O4. The summed E-state index contributed by atoms with van der Waals surface area (Å²) in [6.45, 7) is 4.81. The molecule has 2 rings (SSSR count). The molecule has 0 amide bonds. The van der Waals surface area contributed by atoms with Gasteiger partial charge in [-0.1, -0.05) is 74.5 Å². The predicted octanol–water partition coefficient (Wildman–Crippen LogP) is 4.36. The molecule has 2 atom stereocenters. The largest absolute Gasteiger partial charge is 0.372 e. The molecule has 0 N–H and O–H groups in total. The molecule has 4 nitrogen and oxygen atoms in total. The van der Waals surface area contributed by atoms with Gasteiger partial charge >= 0.3 is 0 Å². The van der Waals surface area contributed by atoms with Gasteiger partial charge in [-0.2, -0.15) is 0 Å². The van der Waals surface area contributed by atoms with Crippen LogP contribution < -0.4 is 0 Å². The van der Waals surface area contributed by atoms with Crippen LogP contribution in [0.3, 0.4) is 0 Å². The summed E-state index contributed by atoms with van der Waals surface area (Å²) in [5, 5.41) is 0. The Morgan fingerprint density at radius 1 is 0.741 bits per heavy atom. The molecule has 0 spiro atoms. The number of hydrogen-bond donors (Lipinski definition) is 0. The van der Waals surface area contributed by atoms with E-state index in [4.69, 9.17) is 9.47 Å². The van der Waals surface area contributed by atoms with Crippen LogP contribution in [0, 0.1) is 5.41 Å². The summed E-state index contributed by atoms with van der Waals surface area (Å²) >= 11 is 0. The first-order valence-corrected chi connectivity index (χ1v) is 9.26. The van der Waals surface area contributed by atoms with Gasteiger partial charge < -0.3 is 19.1 Å². The van der Waals surface area contributed by atoms with Crippen molar-refractivity contribution in [1.82, 2.24) is 0 Å². The zero-order chi connectivity index (χ0) is 19.5. The third kappa shape index (κ3) is 6.42. The Morgan fingerprint density at radius 2 is 1.11 bits per heavy atom. The van der Waals surface area contributed by atoms with Crippen molar-refractivity contribution in [2.45, 2.75) is 52.1 Å². The number of benzene rings is 2. The molecule has 0 aliphatic carbocycles. The third-order valence-electron chi connectivity index (χ3n) is 4.87. The van der Waals surface area contributed by atoms with Crippen molar-refractivity contribution < 1.29 is 19.1 Å². The van der Waals surface area contributed by atoms with Crippen molar-refractivity contribution in [3.05, 3.63) is 71.8 Å². The Morgan fingerprint density at radius 3 is 1.44 bits per heavy atom. The lowest BCUT2D eigenvalue weighted by Crippen LogP contribution is -2.44. The van der Waals surface area contributed by atoms with Crippen LogP contribution >= 0.6 is 0 Å². The summed E-state index contributed by atoms with van der Waals surface area (Å²) in [5.74, 6) is 0. The standard InChI is InChI=1S/C23H28O4/c1-23(2,21(13-15-24)26-17-19-9-5-3-6-10-19)22(14-16-25)27-18-20-11-7-4-8-12-20/h3-12,15-16,21-22H,13-14,17-18H2,1-2H3/t21-,22+. The minimum absolute atomic E-state index is 0.254. The molecule has 0 unspecified atom stereocenters. The highest BCUT2D eigenvalue weighted by atomic mass is 16.5. The average Bonchev–Trinajstić information content (AvgIpc) is 2.69. The second-order valence-corrected chi connectivity index (χ2v) is 7.20. The van der Waals surface area contributed by atoms with Gasteiger partial charge in [0.25, 0.3) is 0 Å². The van der Waals surface area contributed by atoms with Crippen LogP contribution in [0.4, 0.5) is 0 Å². The lowest BCUT2D eigenvalue weighted by molar-refractivity contribution is -0.137. The summed E-state index contributed by atoms with van der Waals surface area (Å²) in [7, 11) is 0. The van der Waals surface area contributed by atoms with Gasteiger partial charge in [-0.3, -0.25) is 0 Å². The molecule has 0 aliphatic rings. The molecule has 0 aromatic heterocycles. The summed E-state index contributed by atoms with van der Waals surface area (Å²) in [5.41, 5.74) is 1.58. The molecule has 0 aliphatic heterocycles. The maximum Gasteiger partial charge on any atom is 0.122 e. The van der Waals surface area contributed by atoms with E-state index in [9.17, 15) is 9.59 Å². The third-order valence-corrected chi connectivity index (χ3v) is 4.87. The van der Waals surface area contributed by atoms with E-state index in [1.807, 2.05) is 74.5 Å². The van der Waals surface area contributed by atoms with Crippen molar-refractivity contribution in [2.75, 3.05) is 0 Å². The van der Waals surface area contributed by atoms with E-state index in [0.29, 0.717) is 13.2 Å². The van der Waals surface area contributed by atoms with Crippen LogP contribution in [0.15, 0.2) is 60.7 Å². The number of rotatable bonds is 12. The van der Waals surface area contributed by atoms with Crippen LogP contribution in [-0.4, -0.2) is 24.8 Å². The average molecular weight is 368 g/mol. The minimum atomic E-state index is -0.509. The van der Waals surface area contributed by atoms with E-state index < -0.39 is 5.41 Å². The second kappa shape index (κ2) is 10.8. The van der Waals surface area contributed by atoms with Gasteiger partial charge in [0, 0.05) is 18.3 Å². The Balaban J connectivity index is 2.08. The molecule has 0 bridgehead atoms. The van der Waals surface area contributed by atoms with Gasteiger partial charge in [0.2, 0.25) is 0 Å². The summed E-state index contributed by atoms with van der Waals surface area (Å²) < 4.78 is 12.2. The van der Waals surface area contributed by atoms with E-state index >= 15 is 0 Å². The molecule has 27 heavy (non-hydrogen) atoms. The lowest BCUT2D eigenvalue weighted by atomic mass is 9.78. The maximum absolute atomic E-state index is 11.2. The molecular weight excluding hydrogens is 340 g/mol. The van der Waals surface area contributed by atoms with Crippen molar-refractivity contribution in [3.63, 3.8) is 0 Å². The molecule has 0 heterocycles. The van der Waals surface area contributed by atoms with E-state index in [1.165, 1.54) is 0 Å². The van der Waals surface area contributed by atoms with E-state index in [1.54, 1.807) is 0 Å². The Labute approximate surface area is 161 Å². The van der Waals surface area contributed by atoms with Gasteiger partial charge in [0.1, 0.15) is 12.6 Å². The maximum atomic E-state index is 11.2. The van der Waals surface area contributed by atoms with Crippen molar-refractivity contribution in [3.8, 4) is 0 Å². The number of aldehydes is 2. The molecule has 2 aromatic rings. The van der Waals surface area contributed by atoms with Gasteiger partial charge in [0.15, 0.2) is 0 Å². The molecule has 0 fully saturated rings. The van der Waals surface area contributed by atoms with Gasteiger partial charge in [0.05, 0.1) is 25.4 Å². The molecule has 144 valence electrons. The normalized spacial score (nSPS) is 13.7. The summed E-state index contributed by atoms with van der Waals surface area (Å²) in [6.07, 6.45) is 1.54. The van der Waals surface area contributed by atoms with Crippen molar-refractivity contribution in [1.29, 1.82) is 0 Å². The van der Waals surface area contributed by atoms with E-state index in [0.717, 1.165) is 23.7 Å². The fourth-order valence-corrected chi connectivity index (χ4v) is 3.10. The van der Waals surface area contributed by atoms with Crippen LogP contribution in [0.2, 0.25) is 0 Å². The van der Waals surface area contributed by atoms with Crippen LogP contribution in [-0.2, 0) is 32.3 Å². The molecule has 0 saturated carbocycles. The monoisotopic (exact) mass is 368 g/mol. The first kappa shape index (κ1) is 21.0. The van der Waals surface area contributed by atoms with Crippen LogP contribution in [0.5, 0.6) is 0 Å². The summed E-state index contributed by atoms with van der Waals surface area (Å²) in [4.78, 5) is 22.5. The molecule has 0 saturated heterocycles. The SMILES string of the molecule is CC(C)([C@H](CC=O)OCc1ccccc1)[C@@H](CC=O)OCc1ccccc1. The Kier molecular flexibility index (Phi) is 8.37. The quantitative estimate of drug-likeness (QED) is 0.522. The van der Waals surface area contributed by atoms with Crippen LogP contribution in [0.1, 0.15) is 37.8 Å². The van der Waals surface area contributed by atoms with E-state index in [2.05, 4.69) is 0 Å². The second-order valence-electron chi connectivity index (χ2n) is 7.20. The highest BCUT2D eigenvalue weighted by Gasteiger charge is 2.38. The van der Waals surface area contributed by atoms with Gasteiger partial charge in [-0.15, -0.1) is 0 Å². The predicted molar refractivity (Wildman–Crippen MR) is 105 cm³/mol. The first-order chi connectivity index (χ1) is 13.1. The summed E-state index contributed by atoms with van der Waals surface area (Å²) in [6, 6.07) is 19.7. The van der Waals surface area contributed by atoms with E-state index in [-0.39, 0.29) is 25.0 Å². The Bertz CT molecular complexity index is 623. The lowest BCUT2D eigenvalue weighted by Gasteiger charge is -2.39. The number of ether oxygens (including phenoxy) is 2. The topological polar surface area (TPSA) is 52.6 Å². The van der Waals surface area contributed by atoms with Gasteiger partial charge in [-0.05, 0) is 11.1 Å². The molecule has 0 radical (unpaired) electrons. The fraction of sp³-hybridized carbons (Fsp3) is 0.391. The zero-order valence-electron chi connectivity index (χ0n) is 16.0. The van der Waals surface area contributed by atoms with Crippen molar-refractivity contribution in [2.24, 2.45) is 5.41 Å². The number of hydrogen-bond acceptors (Lipinski definition) is 4. The fourth-order valence-electron chi connectivity index (χ4n) is 3.10. The number of carbonyl (C=O) groups is 2. The smallest absolute Gasteiger partial charge is 0.122 e. The minimum Gasteiger partial charge on any atom is -0.372 e. The molecule has 2 aromatic carbocycles. The molecule has 4 heteroatoms. The first-order valence-electron chi connectivity index (χ1n) is 9.26. The van der Waals surface area contributed by atoms with Gasteiger partial charge in [-0.25, -0.2) is 0 Å². The number of carbonyl (C=O) groups excluding carboxylic acids is 2. The Hall–Kier alpha value is -2.30. The zero-order valence-corrected chi connectivity index (χ0v) is 16.0. The van der Waals surface area contributed by atoms with Crippen LogP contribution in [0.25, 0.3) is 0 Å².